The second kappa shape index (κ2) is 10.1. The number of anilines is 1. The molecule has 0 saturated carbocycles. The zero-order chi connectivity index (χ0) is 25.2. The fourth-order valence-corrected chi connectivity index (χ4v) is 5.53. The molecule has 3 unspecified atom stereocenters. The number of hydrogen-bond acceptors (Lipinski definition) is 5. The quantitative estimate of drug-likeness (QED) is 0.481. The van der Waals surface area contributed by atoms with Crippen LogP contribution < -0.4 is 5.32 Å². The van der Waals surface area contributed by atoms with Crippen molar-refractivity contribution in [2.75, 3.05) is 18.4 Å². The topological polar surface area (TPSA) is 92.8 Å². The van der Waals surface area contributed by atoms with E-state index in [1.165, 1.54) is 35.5 Å². The average molecular weight is 499 g/mol. The number of halogens is 3. The van der Waals surface area contributed by atoms with Crippen molar-refractivity contribution in [2.24, 2.45) is 11.8 Å². The minimum absolute atomic E-state index is 0.00186. The summed E-state index contributed by atoms with van der Waals surface area (Å²) >= 11 is 0. The summed E-state index contributed by atoms with van der Waals surface area (Å²) in [7, 11) is -3.73. The van der Waals surface area contributed by atoms with Gasteiger partial charge in [-0.05, 0) is 61.6 Å². The summed E-state index contributed by atoms with van der Waals surface area (Å²) in [6.45, 7) is 6.04. The van der Waals surface area contributed by atoms with E-state index >= 15 is 0 Å². The van der Waals surface area contributed by atoms with Crippen molar-refractivity contribution in [2.45, 2.75) is 38.2 Å². The van der Waals surface area contributed by atoms with E-state index in [9.17, 15) is 31.2 Å². The van der Waals surface area contributed by atoms with E-state index < -0.39 is 51.1 Å². The van der Waals surface area contributed by atoms with Gasteiger partial charge in [-0.1, -0.05) is 13.8 Å². The van der Waals surface area contributed by atoms with Crippen LogP contribution in [-0.2, 0) is 19.6 Å². The molecule has 0 aromatic heterocycles. The largest absolute Gasteiger partial charge is 0.449 e. The minimum atomic E-state index is -3.73. The molecule has 7 nitrogen and oxygen atoms in total. The molecule has 1 aliphatic heterocycles. The van der Waals surface area contributed by atoms with Crippen molar-refractivity contribution in [3.63, 3.8) is 0 Å². The molecule has 184 valence electrons. The minimum Gasteiger partial charge on any atom is -0.449 e. The molecule has 2 aromatic rings. The van der Waals surface area contributed by atoms with Gasteiger partial charge in [-0.2, -0.15) is 4.31 Å². The van der Waals surface area contributed by atoms with Crippen molar-refractivity contribution < 1.29 is 35.9 Å². The normalized spacial score (nSPS) is 19.9. The van der Waals surface area contributed by atoms with E-state index in [-0.39, 0.29) is 22.3 Å². The first-order chi connectivity index (χ1) is 15.9. The summed E-state index contributed by atoms with van der Waals surface area (Å²) in [5.41, 5.74) is -0.610. The molecule has 3 atom stereocenters. The number of hydrogen-bond donors (Lipinski definition) is 1. The van der Waals surface area contributed by atoms with Gasteiger partial charge in [0.05, 0.1) is 16.1 Å². The van der Waals surface area contributed by atoms with Crippen LogP contribution in [-0.4, -0.2) is 43.8 Å². The van der Waals surface area contributed by atoms with Crippen LogP contribution in [0, 0.1) is 29.3 Å². The van der Waals surface area contributed by atoms with Gasteiger partial charge in [0.2, 0.25) is 10.0 Å². The van der Waals surface area contributed by atoms with Crippen molar-refractivity contribution in [3.8, 4) is 0 Å². The zero-order valence-corrected chi connectivity index (χ0v) is 19.7. The SMILES string of the molecule is CC1CC(C)CN(S(=O)(=O)c2ccc(C(=O)OC(C)C(=O)Nc3ccc(F)c(F)c3F)cc2)C1. The van der Waals surface area contributed by atoms with Crippen molar-refractivity contribution in [3.05, 3.63) is 59.4 Å². The Hall–Kier alpha value is -2.92. The Morgan fingerprint density at radius 3 is 2.18 bits per heavy atom. The number of carbonyl (C=O) groups excluding carboxylic acids is 2. The summed E-state index contributed by atoms with van der Waals surface area (Å²) in [4.78, 5) is 24.6. The molecule has 34 heavy (non-hydrogen) atoms. The second-order valence-corrected chi connectivity index (χ2v) is 10.5. The van der Waals surface area contributed by atoms with E-state index in [1.54, 1.807) is 0 Å². The summed E-state index contributed by atoms with van der Waals surface area (Å²) in [6.07, 6.45) is -0.453. The molecule has 1 aliphatic rings. The number of nitrogens with one attached hydrogen (secondary N) is 1. The second-order valence-electron chi connectivity index (χ2n) is 8.55. The van der Waals surface area contributed by atoms with Crippen molar-refractivity contribution in [1.82, 2.24) is 4.31 Å². The smallest absolute Gasteiger partial charge is 0.338 e. The summed E-state index contributed by atoms with van der Waals surface area (Å²) < 4.78 is 72.4. The molecule has 0 radical (unpaired) electrons. The van der Waals surface area contributed by atoms with Gasteiger partial charge in [0.1, 0.15) is 0 Å². The predicted molar refractivity (Wildman–Crippen MR) is 118 cm³/mol. The van der Waals surface area contributed by atoms with Crippen LogP contribution in [0.1, 0.15) is 37.6 Å². The molecular formula is C23H25F3N2O5S. The molecule has 1 heterocycles. The van der Waals surface area contributed by atoms with Gasteiger partial charge in [-0.15, -0.1) is 0 Å². The Morgan fingerprint density at radius 1 is 1.00 bits per heavy atom. The zero-order valence-electron chi connectivity index (χ0n) is 18.8. The predicted octanol–water partition coefficient (Wildman–Crippen LogP) is 3.95. The fraction of sp³-hybridized carbons (Fsp3) is 0.391. The molecule has 3 rings (SSSR count). The van der Waals surface area contributed by atoms with Crippen LogP contribution in [0.25, 0.3) is 0 Å². The van der Waals surface area contributed by atoms with Crippen molar-refractivity contribution >= 4 is 27.6 Å². The van der Waals surface area contributed by atoms with Crippen molar-refractivity contribution in [1.29, 1.82) is 0 Å². The lowest BCUT2D eigenvalue weighted by Gasteiger charge is -2.34. The molecule has 1 N–H and O–H groups in total. The highest BCUT2D eigenvalue weighted by Gasteiger charge is 2.32. The van der Waals surface area contributed by atoms with Crippen LogP contribution in [0.15, 0.2) is 41.3 Å². The number of esters is 1. The van der Waals surface area contributed by atoms with Gasteiger partial charge in [-0.25, -0.2) is 26.4 Å². The maximum Gasteiger partial charge on any atom is 0.338 e. The first-order valence-electron chi connectivity index (χ1n) is 10.7. The number of sulfonamides is 1. The molecule has 0 aliphatic carbocycles. The van der Waals surface area contributed by atoms with Gasteiger partial charge in [0.15, 0.2) is 23.6 Å². The Labute approximate surface area is 196 Å². The number of amides is 1. The molecule has 0 spiro atoms. The number of nitrogens with zero attached hydrogens (tertiary/aromatic N) is 1. The highest BCUT2D eigenvalue weighted by atomic mass is 32.2. The van der Waals surface area contributed by atoms with E-state index in [0.717, 1.165) is 12.5 Å². The molecule has 0 bridgehead atoms. The van der Waals surface area contributed by atoms with E-state index in [0.29, 0.717) is 19.2 Å². The molecule has 1 amide bonds. The van der Waals surface area contributed by atoms with Crippen LogP contribution in [0.5, 0.6) is 0 Å². The highest BCUT2D eigenvalue weighted by molar-refractivity contribution is 7.89. The number of ether oxygens (including phenoxy) is 1. The van der Waals surface area contributed by atoms with Crippen LogP contribution in [0.4, 0.5) is 18.9 Å². The third-order valence-corrected chi connectivity index (χ3v) is 7.36. The number of rotatable bonds is 6. The Kier molecular flexibility index (Phi) is 7.67. The fourth-order valence-electron chi connectivity index (χ4n) is 3.85. The first-order valence-corrected chi connectivity index (χ1v) is 12.1. The lowest BCUT2D eigenvalue weighted by molar-refractivity contribution is -0.123. The summed E-state index contributed by atoms with van der Waals surface area (Å²) in [5.74, 6) is -6.15. The lowest BCUT2D eigenvalue weighted by Crippen LogP contribution is -2.42. The maximum absolute atomic E-state index is 13.7. The maximum atomic E-state index is 13.7. The first kappa shape index (κ1) is 25.7. The molecule has 2 aromatic carbocycles. The standard InChI is InChI=1S/C23H25F3N2O5S/c1-13-10-14(2)12-28(11-13)34(31,32)17-6-4-16(5-7-17)23(30)33-15(3)22(29)27-19-9-8-18(24)20(25)21(19)26/h4-9,13-15H,10-12H2,1-3H3,(H,27,29). The molecule has 11 heteroatoms. The number of carbonyl (C=O) groups is 2. The monoisotopic (exact) mass is 498 g/mol. The Morgan fingerprint density at radius 2 is 1.59 bits per heavy atom. The van der Waals surface area contributed by atoms with E-state index in [4.69, 9.17) is 4.74 Å². The van der Waals surface area contributed by atoms with E-state index in [1.807, 2.05) is 19.2 Å². The third-order valence-electron chi connectivity index (χ3n) is 5.51. The van der Waals surface area contributed by atoms with Gasteiger partial charge in [0.25, 0.3) is 5.91 Å². The van der Waals surface area contributed by atoms with Gasteiger partial charge >= 0.3 is 5.97 Å². The Bertz CT molecular complexity index is 1180. The number of piperidine rings is 1. The van der Waals surface area contributed by atoms with Crippen LogP contribution >= 0.6 is 0 Å². The van der Waals surface area contributed by atoms with Gasteiger partial charge < -0.3 is 10.1 Å². The van der Waals surface area contributed by atoms with Gasteiger partial charge in [0, 0.05) is 13.1 Å². The van der Waals surface area contributed by atoms with Crippen LogP contribution in [0.2, 0.25) is 0 Å². The molecular weight excluding hydrogens is 473 g/mol. The molecule has 1 fully saturated rings. The average Bonchev–Trinajstić information content (AvgIpc) is 2.78. The highest BCUT2D eigenvalue weighted by Crippen LogP contribution is 2.27. The summed E-state index contributed by atoms with van der Waals surface area (Å²) in [5, 5.41) is 2.02. The van der Waals surface area contributed by atoms with Crippen LogP contribution in [0.3, 0.4) is 0 Å². The lowest BCUT2D eigenvalue weighted by atomic mass is 9.94. The third kappa shape index (κ3) is 5.58. The van der Waals surface area contributed by atoms with E-state index in [2.05, 4.69) is 0 Å². The van der Waals surface area contributed by atoms with Gasteiger partial charge in [-0.3, -0.25) is 4.79 Å². The number of benzene rings is 2. The summed E-state index contributed by atoms with van der Waals surface area (Å²) in [6, 6.07) is 6.60. The molecule has 1 saturated heterocycles. The Balaban J connectivity index is 1.65.